The van der Waals surface area contributed by atoms with Crippen molar-refractivity contribution < 1.29 is 4.42 Å². The number of fused-ring (bicyclic) bond motifs is 5. The lowest BCUT2D eigenvalue weighted by Crippen LogP contribution is -2.12. The maximum Gasteiger partial charge on any atom is 0.161 e. The summed E-state index contributed by atoms with van der Waals surface area (Å²) in [5.41, 5.74) is 5.15. The highest BCUT2D eigenvalue weighted by Gasteiger charge is 2.21. The zero-order chi connectivity index (χ0) is 21.3. The van der Waals surface area contributed by atoms with E-state index < -0.39 is 0 Å². The largest absolute Gasteiger partial charge is 0.454 e. The van der Waals surface area contributed by atoms with E-state index in [0.717, 1.165) is 33.2 Å². The van der Waals surface area contributed by atoms with Crippen LogP contribution >= 0.6 is 11.3 Å². The minimum absolute atomic E-state index is 0.0274. The Bertz CT molecular complexity index is 1630. The Hall–Kier alpha value is -3.17. The Morgan fingerprint density at radius 3 is 2.52 bits per heavy atom. The first-order valence-electron chi connectivity index (χ1n) is 10.6. The van der Waals surface area contributed by atoms with E-state index in [2.05, 4.69) is 88.4 Å². The van der Waals surface area contributed by atoms with Gasteiger partial charge in [0.2, 0.25) is 0 Å². The molecule has 6 aromatic rings. The average Bonchev–Trinajstić information content (AvgIpc) is 3.28. The van der Waals surface area contributed by atoms with E-state index in [9.17, 15) is 0 Å². The number of pyridine rings is 1. The van der Waals surface area contributed by atoms with Crippen LogP contribution in [-0.4, -0.2) is 4.98 Å². The molecule has 2 nitrogen and oxygen atoms in total. The van der Waals surface area contributed by atoms with E-state index >= 15 is 0 Å². The molecular weight excluding hydrogens is 398 g/mol. The van der Waals surface area contributed by atoms with Gasteiger partial charge in [0.25, 0.3) is 0 Å². The second-order valence-corrected chi connectivity index (χ2v) is 10.7. The Morgan fingerprint density at radius 2 is 1.68 bits per heavy atom. The lowest BCUT2D eigenvalue weighted by molar-refractivity contribution is 0.596. The van der Waals surface area contributed by atoms with Gasteiger partial charge in [0.05, 0.1) is 0 Å². The van der Waals surface area contributed by atoms with Gasteiger partial charge in [-0.15, -0.1) is 11.3 Å². The van der Waals surface area contributed by atoms with Crippen molar-refractivity contribution in [1.82, 2.24) is 4.98 Å². The lowest BCUT2D eigenvalue weighted by atomic mass is 9.82. The Kier molecular flexibility index (Phi) is 3.85. The molecule has 0 aliphatic heterocycles. The molecule has 6 rings (SSSR count). The topological polar surface area (TPSA) is 26.0 Å². The lowest BCUT2D eigenvalue weighted by Gasteiger charge is -2.22. The second-order valence-electron chi connectivity index (χ2n) is 9.38. The van der Waals surface area contributed by atoms with Crippen LogP contribution in [0.2, 0.25) is 0 Å². The highest BCUT2D eigenvalue weighted by molar-refractivity contribution is 7.19. The molecule has 0 fully saturated rings. The quantitative estimate of drug-likeness (QED) is 0.265. The van der Waals surface area contributed by atoms with Gasteiger partial charge in [0.15, 0.2) is 5.58 Å². The van der Waals surface area contributed by atoms with E-state index in [1.54, 1.807) is 0 Å². The van der Waals surface area contributed by atoms with Crippen molar-refractivity contribution >= 4 is 54.1 Å². The number of hydrogen-bond acceptors (Lipinski definition) is 3. The fraction of sp³-hybridized carbons (Fsp3) is 0.179. The fourth-order valence-electron chi connectivity index (χ4n) is 4.64. The molecule has 3 heterocycles. The molecular formula is C28H23NOS. The molecule has 0 bridgehead atoms. The summed E-state index contributed by atoms with van der Waals surface area (Å²) in [5, 5.41) is 6.08. The van der Waals surface area contributed by atoms with Crippen LogP contribution in [-0.2, 0) is 5.41 Å². The van der Waals surface area contributed by atoms with Crippen molar-refractivity contribution in [1.29, 1.82) is 0 Å². The van der Waals surface area contributed by atoms with Gasteiger partial charge in [-0.3, -0.25) is 4.98 Å². The first kappa shape index (κ1) is 18.6. The molecule has 0 radical (unpaired) electrons. The molecule has 0 amide bonds. The van der Waals surface area contributed by atoms with Crippen LogP contribution in [0.4, 0.5) is 0 Å². The molecule has 0 aliphatic carbocycles. The first-order chi connectivity index (χ1) is 14.9. The van der Waals surface area contributed by atoms with Crippen LogP contribution in [0.15, 0.2) is 71.3 Å². The summed E-state index contributed by atoms with van der Waals surface area (Å²) >= 11 is 1.81. The zero-order valence-corrected chi connectivity index (χ0v) is 18.9. The maximum atomic E-state index is 6.44. The molecule has 0 atom stereocenters. The Balaban J connectivity index is 1.67. The number of rotatable bonds is 1. The number of nitrogens with zero attached hydrogens (tertiary/aromatic N) is 1. The molecule has 0 saturated carbocycles. The summed E-state index contributed by atoms with van der Waals surface area (Å²) in [4.78, 5) is 6.10. The molecule has 0 saturated heterocycles. The molecule has 0 spiro atoms. The zero-order valence-electron chi connectivity index (χ0n) is 18.1. The molecule has 3 aromatic heterocycles. The van der Waals surface area contributed by atoms with E-state index in [-0.39, 0.29) is 5.41 Å². The number of aromatic nitrogens is 1. The van der Waals surface area contributed by atoms with E-state index in [1.807, 2.05) is 17.5 Å². The van der Waals surface area contributed by atoms with Gasteiger partial charge < -0.3 is 4.42 Å². The van der Waals surface area contributed by atoms with Gasteiger partial charge in [-0.1, -0.05) is 45.0 Å². The minimum Gasteiger partial charge on any atom is -0.454 e. The SMILES string of the molecule is Cc1cc2cc3c(cc2s1)oc1c(-c2cc(C(C)(C)C)c4ccccc4c2)nccc13. The third-order valence-corrected chi connectivity index (χ3v) is 7.10. The van der Waals surface area contributed by atoms with Crippen LogP contribution < -0.4 is 0 Å². The van der Waals surface area contributed by atoms with Gasteiger partial charge in [0.1, 0.15) is 11.3 Å². The van der Waals surface area contributed by atoms with Crippen molar-refractivity contribution in [2.75, 3.05) is 0 Å². The van der Waals surface area contributed by atoms with Crippen molar-refractivity contribution in [3.8, 4) is 11.3 Å². The molecule has 0 unspecified atom stereocenters. The minimum atomic E-state index is 0.0274. The number of benzene rings is 3. The molecule has 0 N–H and O–H groups in total. The van der Waals surface area contributed by atoms with Crippen molar-refractivity contribution in [2.24, 2.45) is 0 Å². The summed E-state index contributed by atoms with van der Waals surface area (Å²) in [6.45, 7) is 8.95. The van der Waals surface area contributed by atoms with E-state index in [0.29, 0.717) is 0 Å². The van der Waals surface area contributed by atoms with Gasteiger partial charge in [-0.05, 0) is 70.5 Å². The van der Waals surface area contributed by atoms with Crippen molar-refractivity contribution in [3.63, 3.8) is 0 Å². The van der Waals surface area contributed by atoms with Gasteiger partial charge in [-0.25, -0.2) is 0 Å². The second kappa shape index (κ2) is 6.41. The molecule has 152 valence electrons. The summed E-state index contributed by atoms with van der Waals surface area (Å²) in [6, 6.07) is 21.9. The number of aryl methyl sites for hydroxylation is 1. The van der Waals surface area contributed by atoms with Gasteiger partial charge >= 0.3 is 0 Å². The van der Waals surface area contributed by atoms with E-state index in [1.165, 1.54) is 31.3 Å². The van der Waals surface area contributed by atoms with Crippen LogP contribution in [0.1, 0.15) is 31.2 Å². The molecule has 31 heavy (non-hydrogen) atoms. The third kappa shape index (κ3) is 2.88. The molecule has 3 heteroatoms. The number of thiophene rings is 1. The molecule has 3 aromatic carbocycles. The highest BCUT2D eigenvalue weighted by Crippen LogP contribution is 2.40. The smallest absolute Gasteiger partial charge is 0.161 e. The van der Waals surface area contributed by atoms with Crippen LogP contribution in [0, 0.1) is 6.92 Å². The highest BCUT2D eigenvalue weighted by atomic mass is 32.1. The summed E-state index contributed by atoms with van der Waals surface area (Å²) in [6.07, 6.45) is 1.90. The predicted molar refractivity (Wildman–Crippen MR) is 133 cm³/mol. The normalized spacial score (nSPS) is 12.5. The Labute approximate surface area is 185 Å². The van der Waals surface area contributed by atoms with Crippen LogP contribution in [0.3, 0.4) is 0 Å². The summed E-state index contributed by atoms with van der Waals surface area (Å²) in [7, 11) is 0. The van der Waals surface area contributed by atoms with E-state index in [4.69, 9.17) is 9.40 Å². The maximum absolute atomic E-state index is 6.44. The van der Waals surface area contributed by atoms with Crippen LogP contribution in [0.5, 0.6) is 0 Å². The monoisotopic (exact) mass is 421 g/mol. The number of furan rings is 1. The fourth-order valence-corrected chi connectivity index (χ4v) is 5.58. The third-order valence-electron chi connectivity index (χ3n) is 6.09. The van der Waals surface area contributed by atoms with Crippen molar-refractivity contribution in [2.45, 2.75) is 33.1 Å². The average molecular weight is 422 g/mol. The summed E-state index contributed by atoms with van der Waals surface area (Å²) < 4.78 is 7.70. The van der Waals surface area contributed by atoms with Gasteiger partial charge in [0, 0.05) is 32.1 Å². The van der Waals surface area contributed by atoms with Crippen LogP contribution in [0.25, 0.3) is 54.1 Å². The standard InChI is InChI=1S/C28H23NOS/c1-16-11-18-13-22-21-9-10-29-26(27(21)30-24(22)15-25(18)31-16)19-12-17-7-5-6-8-20(17)23(14-19)28(2,3)4/h5-15H,1-4H3. The Morgan fingerprint density at radius 1 is 0.839 bits per heavy atom. The van der Waals surface area contributed by atoms with Crippen molar-refractivity contribution in [3.05, 3.63) is 77.3 Å². The summed E-state index contributed by atoms with van der Waals surface area (Å²) in [5.74, 6) is 0. The predicted octanol–water partition coefficient (Wildman–Crippen LogP) is 8.62. The van der Waals surface area contributed by atoms with Gasteiger partial charge in [-0.2, -0.15) is 0 Å². The number of hydrogen-bond donors (Lipinski definition) is 0. The first-order valence-corrected chi connectivity index (χ1v) is 11.5. The molecule has 0 aliphatic rings.